The topological polar surface area (TPSA) is 107 Å². The van der Waals surface area contributed by atoms with E-state index in [1.165, 1.54) is 11.4 Å². The zero-order valence-corrected chi connectivity index (χ0v) is 20.1. The molecule has 2 heterocycles. The number of hydrogen-bond acceptors (Lipinski definition) is 9. The van der Waals surface area contributed by atoms with Crippen LogP contribution in [0, 0.1) is 0 Å². The minimum atomic E-state index is -3.84. The Hall–Kier alpha value is -1.73. The van der Waals surface area contributed by atoms with Crippen molar-refractivity contribution < 1.29 is 13.5 Å². The van der Waals surface area contributed by atoms with Gasteiger partial charge in [0.25, 0.3) is 10.0 Å². The van der Waals surface area contributed by atoms with E-state index >= 15 is 0 Å². The van der Waals surface area contributed by atoms with Gasteiger partial charge in [-0.15, -0.1) is 11.3 Å². The molecule has 3 N–H and O–H groups in total. The lowest BCUT2D eigenvalue weighted by Gasteiger charge is -2.30. The van der Waals surface area contributed by atoms with E-state index in [1.807, 2.05) is 24.3 Å². The highest BCUT2D eigenvalue weighted by Crippen LogP contribution is 2.42. The maximum atomic E-state index is 12.9. The van der Waals surface area contributed by atoms with Crippen LogP contribution in [0.15, 0.2) is 38.3 Å². The highest BCUT2D eigenvalue weighted by atomic mass is 79.9. The van der Waals surface area contributed by atoms with Gasteiger partial charge in [-0.2, -0.15) is 13.1 Å². The molecule has 3 rings (SSSR count). The summed E-state index contributed by atoms with van der Waals surface area (Å²) in [5.41, 5.74) is 0.425. The molecule has 0 radical (unpaired) electrons. The number of anilines is 4. The van der Waals surface area contributed by atoms with Crippen molar-refractivity contribution in [2.24, 2.45) is 0 Å². The maximum absolute atomic E-state index is 12.9. The lowest BCUT2D eigenvalue weighted by molar-refractivity contribution is 0.291. The molecule has 29 heavy (non-hydrogen) atoms. The smallest absolute Gasteiger partial charge is 0.256 e. The first-order chi connectivity index (χ1) is 13.5. The molecule has 0 unspecified atom stereocenters. The van der Waals surface area contributed by atoms with Gasteiger partial charge in [0, 0.05) is 22.4 Å². The Balaban J connectivity index is 1.87. The molecule has 12 heteroatoms. The second kappa shape index (κ2) is 8.19. The van der Waals surface area contributed by atoms with Gasteiger partial charge < -0.3 is 15.7 Å². The largest absolute Gasteiger partial charge is 0.504 e. The molecular formula is C17H20BrN5O3S3. The standard InChI is InChI=1S/C17H20BrN5O3S3/c1-17(2,3)23(4)29(25,26)16-13(24)12(9-27-16)20-15-14(21-28-22-15)19-11-8-6-5-7-10(11)18/h5-9,24H,1-4H3,(H,19,21)(H,20,22). The molecule has 0 bridgehead atoms. The van der Waals surface area contributed by atoms with Crippen LogP contribution in [0.2, 0.25) is 0 Å². The fraction of sp³-hybridized carbons (Fsp3) is 0.294. The van der Waals surface area contributed by atoms with Crippen LogP contribution in [0.4, 0.5) is 23.0 Å². The third kappa shape index (κ3) is 4.56. The molecule has 0 amide bonds. The highest BCUT2D eigenvalue weighted by Gasteiger charge is 2.34. The first-order valence-electron chi connectivity index (χ1n) is 8.42. The molecule has 156 valence electrons. The average Bonchev–Trinajstić information content (AvgIpc) is 3.23. The van der Waals surface area contributed by atoms with E-state index in [1.54, 1.807) is 26.2 Å². The summed E-state index contributed by atoms with van der Waals surface area (Å²) in [6.07, 6.45) is 0. The number of halogens is 1. The van der Waals surface area contributed by atoms with E-state index in [0.29, 0.717) is 11.6 Å². The van der Waals surface area contributed by atoms with Crippen molar-refractivity contribution in [3.8, 4) is 5.75 Å². The molecular weight excluding hydrogens is 498 g/mol. The molecule has 1 aromatic carbocycles. The summed E-state index contributed by atoms with van der Waals surface area (Å²) in [6.45, 7) is 5.36. The summed E-state index contributed by atoms with van der Waals surface area (Å²) in [5.74, 6) is 0.502. The highest BCUT2D eigenvalue weighted by molar-refractivity contribution is 9.10. The molecule has 0 atom stereocenters. The molecule has 3 aromatic rings. The predicted molar refractivity (Wildman–Crippen MR) is 121 cm³/mol. The van der Waals surface area contributed by atoms with Gasteiger partial charge in [-0.1, -0.05) is 12.1 Å². The minimum Gasteiger partial charge on any atom is -0.504 e. The average molecular weight is 518 g/mol. The fourth-order valence-corrected chi connectivity index (χ4v) is 6.02. The number of sulfonamides is 1. The first-order valence-corrected chi connectivity index (χ1v) is 12.3. The van der Waals surface area contributed by atoms with Crippen LogP contribution in [0.1, 0.15) is 20.8 Å². The van der Waals surface area contributed by atoms with E-state index < -0.39 is 15.6 Å². The van der Waals surface area contributed by atoms with Gasteiger partial charge >= 0.3 is 0 Å². The molecule has 0 aliphatic carbocycles. The van der Waals surface area contributed by atoms with Crippen LogP contribution in [0.3, 0.4) is 0 Å². The van der Waals surface area contributed by atoms with Crippen LogP contribution in [-0.2, 0) is 10.0 Å². The number of nitrogens with one attached hydrogen (secondary N) is 2. The lowest BCUT2D eigenvalue weighted by Crippen LogP contribution is -2.42. The zero-order chi connectivity index (χ0) is 21.4. The number of hydrogen-bond donors (Lipinski definition) is 3. The number of para-hydroxylation sites is 1. The summed E-state index contributed by atoms with van der Waals surface area (Å²) in [7, 11) is -2.35. The van der Waals surface area contributed by atoms with Crippen molar-refractivity contribution in [3.05, 3.63) is 34.1 Å². The summed E-state index contributed by atoms with van der Waals surface area (Å²) in [6, 6.07) is 7.55. The van der Waals surface area contributed by atoms with Crippen LogP contribution in [0.25, 0.3) is 0 Å². The van der Waals surface area contributed by atoms with E-state index in [-0.39, 0.29) is 15.6 Å². The first kappa shape index (κ1) is 22.0. The van der Waals surface area contributed by atoms with E-state index in [9.17, 15) is 13.5 Å². The Kier molecular flexibility index (Phi) is 6.20. The normalized spacial score (nSPS) is 12.3. The Labute approximate surface area is 186 Å². The predicted octanol–water partition coefficient (Wildman–Crippen LogP) is 4.97. The molecule has 8 nitrogen and oxygen atoms in total. The molecule has 0 saturated heterocycles. The van der Waals surface area contributed by atoms with Gasteiger partial charge in [-0.05, 0) is 48.8 Å². The summed E-state index contributed by atoms with van der Waals surface area (Å²) >= 11 is 5.40. The number of benzene rings is 1. The van der Waals surface area contributed by atoms with Crippen LogP contribution in [-0.4, -0.2) is 39.2 Å². The van der Waals surface area contributed by atoms with Gasteiger partial charge in [0.1, 0.15) is 0 Å². The van der Waals surface area contributed by atoms with Crippen molar-refractivity contribution in [2.75, 3.05) is 17.7 Å². The molecule has 0 fully saturated rings. The van der Waals surface area contributed by atoms with E-state index in [4.69, 9.17) is 0 Å². The summed E-state index contributed by atoms with van der Waals surface area (Å²) in [5, 5.41) is 18.2. The Bertz CT molecular complexity index is 1120. The van der Waals surface area contributed by atoms with Crippen molar-refractivity contribution in [1.82, 2.24) is 13.1 Å². The zero-order valence-electron chi connectivity index (χ0n) is 16.1. The SMILES string of the molecule is CN(C(C)(C)C)S(=O)(=O)c1scc(Nc2nsnc2Nc2ccccc2Br)c1O. The van der Waals surface area contributed by atoms with E-state index in [2.05, 4.69) is 35.3 Å². The van der Waals surface area contributed by atoms with Gasteiger partial charge in [0.15, 0.2) is 21.6 Å². The molecule has 2 aromatic heterocycles. The van der Waals surface area contributed by atoms with Gasteiger partial charge in [0.05, 0.1) is 23.1 Å². The maximum Gasteiger partial charge on any atom is 0.256 e. The third-order valence-corrected chi connectivity index (χ3v) is 8.97. The van der Waals surface area contributed by atoms with Crippen molar-refractivity contribution >= 4 is 72.0 Å². The van der Waals surface area contributed by atoms with Crippen molar-refractivity contribution in [3.63, 3.8) is 0 Å². The number of thiophene rings is 1. The number of rotatable bonds is 6. The molecule has 0 aliphatic heterocycles. The van der Waals surface area contributed by atoms with Crippen LogP contribution in [0.5, 0.6) is 5.75 Å². The van der Waals surface area contributed by atoms with Gasteiger partial charge in [-0.3, -0.25) is 0 Å². The molecule has 0 aliphatic rings. The summed E-state index contributed by atoms with van der Waals surface area (Å²) in [4.78, 5) is 0. The van der Waals surface area contributed by atoms with E-state index in [0.717, 1.165) is 33.2 Å². The molecule has 0 saturated carbocycles. The Morgan fingerprint density at radius 3 is 2.28 bits per heavy atom. The summed E-state index contributed by atoms with van der Waals surface area (Å²) < 4.78 is 36.1. The van der Waals surface area contributed by atoms with Crippen molar-refractivity contribution in [1.29, 1.82) is 0 Å². The van der Waals surface area contributed by atoms with Crippen molar-refractivity contribution in [2.45, 2.75) is 30.5 Å². The second-order valence-corrected chi connectivity index (χ2v) is 11.5. The molecule has 0 spiro atoms. The Morgan fingerprint density at radius 2 is 1.69 bits per heavy atom. The fourth-order valence-electron chi connectivity index (χ4n) is 2.26. The quantitative estimate of drug-likeness (QED) is 0.423. The van der Waals surface area contributed by atoms with Gasteiger partial charge in [0.2, 0.25) is 0 Å². The van der Waals surface area contributed by atoms with Gasteiger partial charge in [-0.25, -0.2) is 8.42 Å². The minimum absolute atomic E-state index is 0.124. The monoisotopic (exact) mass is 517 g/mol. The number of nitrogens with zero attached hydrogens (tertiary/aromatic N) is 3. The van der Waals surface area contributed by atoms with Crippen LogP contribution >= 0.6 is 39.0 Å². The second-order valence-electron chi connectivity index (χ2n) is 7.12. The Morgan fingerprint density at radius 1 is 1.10 bits per heavy atom. The number of aromatic hydroxyl groups is 1. The number of aromatic nitrogens is 2. The third-order valence-electron chi connectivity index (χ3n) is 4.14. The van der Waals surface area contributed by atoms with Crippen LogP contribution < -0.4 is 10.6 Å². The lowest BCUT2D eigenvalue weighted by atomic mass is 10.1.